The first-order valence-corrected chi connectivity index (χ1v) is 12.0. The summed E-state index contributed by atoms with van der Waals surface area (Å²) in [6.45, 7) is 5.13. The van der Waals surface area contributed by atoms with Gasteiger partial charge in [0, 0.05) is 10.9 Å². The van der Waals surface area contributed by atoms with Crippen LogP contribution in [0, 0.1) is 20.8 Å². The number of rotatable bonds is 6. The Morgan fingerprint density at radius 3 is 2.24 bits per heavy atom. The lowest BCUT2D eigenvalue weighted by Crippen LogP contribution is -2.22. The standard InChI is InChI=1S/C30H26N4O3/c1-19-27(24-16-10-11-17-25(24)31-28(19)22-12-6-4-7-13-22)30(36)37-18-26(35)32-29-20(2)33-34(21(29)3)23-14-8-5-9-15-23/h4-17H,18H2,1-3H3,(H,32,35). The minimum absolute atomic E-state index is 0.404. The Balaban J connectivity index is 1.38. The summed E-state index contributed by atoms with van der Waals surface area (Å²) >= 11 is 0. The molecule has 0 atom stereocenters. The Hall–Kier alpha value is -4.78. The predicted molar refractivity (Wildman–Crippen MR) is 144 cm³/mol. The zero-order valence-electron chi connectivity index (χ0n) is 20.9. The molecule has 1 N–H and O–H groups in total. The van der Waals surface area contributed by atoms with E-state index in [0.717, 1.165) is 16.9 Å². The third-order valence-electron chi connectivity index (χ3n) is 6.28. The average molecular weight is 491 g/mol. The first kappa shape index (κ1) is 23.9. The van der Waals surface area contributed by atoms with E-state index in [4.69, 9.17) is 9.72 Å². The third-order valence-corrected chi connectivity index (χ3v) is 6.28. The van der Waals surface area contributed by atoms with E-state index in [9.17, 15) is 9.59 Å². The van der Waals surface area contributed by atoms with Crippen molar-refractivity contribution in [3.63, 3.8) is 0 Å². The largest absolute Gasteiger partial charge is 0.452 e. The zero-order chi connectivity index (χ0) is 25.9. The van der Waals surface area contributed by atoms with Crippen LogP contribution < -0.4 is 5.32 Å². The number of carbonyl (C=O) groups is 2. The SMILES string of the molecule is Cc1nn(-c2ccccc2)c(C)c1NC(=O)COC(=O)c1c(C)c(-c2ccccc2)nc2ccccc12. The molecule has 5 rings (SSSR count). The Morgan fingerprint density at radius 1 is 0.865 bits per heavy atom. The number of benzene rings is 3. The number of pyridine rings is 1. The second-order valence-corrected chi connectivity index (χ2v) is 8.76. The Labute approximate surface area is 214 Å². The average Bonchev–Trinajstić information content (AvgIpc) is 3.20. The molecular formula is C30H26N4O3. The maximum atomic E-state index is 13.3. The molecule has 0 saturated carbocycles. The number of para-hydroxylation sites is 2. The van der Waals surface area contributed by atoms with Crippen LogP contribution in [0.2, 0.25) is 0 Å². The van der Waals surface area contributed by atoms with Crippen LogP contribution in [-0.4, -0.2) is 33.2 Å². The number of amides is 1. The number of nitrogens with zero attached hydrogens (tertiary/aromatic N) is 3. The molecule has 0 fully saturated rings. The van der Waals surface area contributed by atoms with Crippen LogP contribution in [0.25, 0.3) is 27.8 Å². The molecule has 0 bridgehead atoms. The van der Waals surface area contributed by atoms with Crippen LogP contribution in [0.5, 0.6) is 0 Å². The topological polar surface area (TPSA) is 86.1 Å². The van der Waals surface area contributed by atoms with Crippen LogP contribution in [0.4, 0.5) is 5.69 Å². The fourth-order valence-corrected chi connectivity index (χ4v) is 4.47. The van der Waals surface area contributed by atoms with Gasteiger partial charge in [0.25, 0.3) is 5.91 Å². The van der Waals surface area contributed by atoms with Crippen molar-refractivity contribution in [3.8, 4) is 16.9 Å². The molecule has 0 radical (unpaired) electrons. The second-order valence-electron chi connectivity index (χ2n) is 8.76. The van der Waals surface area contributed by atoms with Gasteiger partial charge in [-0.1, -0.05) is 66.7 Å². The van der Waals surface area contributed by atoms with E-state index in [1.165, 1.54) is 0 Å². The fraction of sp³-hybridized carbons (Fsp3) is 0.133. The van der Waals surface area contributed by atoms with E-state index in [1.807, 2.05) is 106 Å². The summed E-state index contributed by atoms with van der Waals surface area (Å²) in [7, 11) is 0. The van der Waals surface area contributed by atoms with Gasteiger partial charge in [0.2, 0.25) is 0 Å². The lowest BCUT2D eigenvalue weighted by Gasteiger charge is -2.14. The number of hydrogen-bond donors (Lipinski definition) is 1. The lowest BCUT2D eigenvalue weighted by atomic mass is 9.98. The molecule has 0 aliphatic heterocycles. The van der Waals surface area contributed by atoms with Gasteiger partial charge in [0.05, 0.1) is 39.5 Å². The van der Waals surface area contributed by atoms with Crippen LogP contribution >= 0.6 is 0 Å². The maximum absolute atomic E-state index is 13.3. The van der Waals surface area contributed by atoms with Crippen molar-refractivity contribution >= 4 is 28.5 Å². The number of fused-ring (bicyclic) bond motifs is 1. The van der Waals surface area contributed by atoms with Crippen LogP contribution in [0.1, 0.15) is 27.3 Å². The van der Waals surface area contributed by atoms with E-state index >= 15 is 0 Å². The number of hydrogen-bond acceptors (Lipinski definition) is 5. The van der Waals surface area contributed by atoms with E-state index in [-0.39, 0.29) is 0 Å². The van der Waals surface area contributed by atoms with Crippen molar-refractivity contribution in [1.29, 1.82) is 0 Å². The second kappa shape index (κ2) is 10.1. The number of anilines is 1. The monoisotopic (exact) mass is 490 g/mol. The molecule has 0 saturated heterocycles. The molecule has 2 heterocycles. The Morgan fingerprint density at radius 2 is 1.51 bits per heavy atom. The minimum atomic E-state index is -0.572. The summed E-state index contributed by atoms with van der Waals surface area (Å²) in [4.78, 5) is 30.9. The van der Waals surface area contributed by atoms with E-state index in [2.05, 4.69) is 10.4 Å². The highest BCUT2D eigenvalue weighted by Gasteiger charge is 2.22. The molecule has 3 aromatic carbocycles. The molecular weight excluding hydrogens is 464 g/mol. The van der Waals surface area contributed by atoms with Crippen molar-refractivity contribution in [3.05, 3.63) is 107 Å². The van der Waals surface area contributed by atoms with Crippen molar-refractivity contribution in [2.45, 2.75) is 20.8 Å². The van der Waals surface area contributed by atoms with Crippen LogP contribution in [0.3, 0.4) is 0 Å². The molecule has 5 aromatic rings. The summed E-state index contributed by atoms with van der Waals surface area (Å²) in [6.07, 6.45) is 0. The maximum Gasteiger partial charge on any atom is 0.339 e. The molecule has 184 valence electrons. The molecule has 1 amide bonds. The van der Waals surface area contributed by atoms with Gasteiger partial charge in [0.15, 0.2) is 6.61 Å². The van der Waals surface area contributed by atoms with E-state index < -0.39 is 18.5 Å². The minimum Gasteiger partial charge on any atom is -0.452 e. The van der Waals surface area contributed by atoms with E-state index in [1.54, 1.807) is 4.68 Å². The third kappa shape index (κ3) is 4.71. The summed E-state index contributed by atoms with van der Waals surface area (Å²) in [5, 5.41) is 8.08. The summed E-state index contributed by atoms with van der Waals surface area (Å²) in [5.74, 6) is -1.01. The summed E-state index contributed by atoms with van der Waals surface area (Å²) in [5.41, 5.74) is 6.34. The van der Waals surface area contributed by atoms with Gasteiger partial charge in [-0.2, -0.15) is 5.10 Å². The number of aryl methyl sites for hydroxylation is 1. The summed E-state index contributed by atoms with van der Waals surface area (Å²) < 4.78 is 7.28. The van der Waals surface area contributed by atoms with Gasteiger partial charge in [-0.3, -0.25) is 4.79 Å². The van der Waals surface area contributed by atoms with Gasteiger partial charge < -0.3 is 10.1 Å². The van der Waals surface area contributed by atoms with Crippen molar-refractivity contribution < 1.29 is 14.3 Å². The van der Waals surface area contributed by atoms with Gasteiger partial charge in [-0.15, -0.1) is 0 Å². The smallest absolute Gasteiger partial charge is 0.339 e. The van der Waals surface area contributed by atoms with Gasteiger partial charge in [-0.05, 0) is 44.5 Å². The molecule has 7 nitrogen and oxygen atoms in total. The fourth-order valence-electron chi connectivity index (χ4n) is 4.47. The van der Waals surface area contributed by atoms with Crippen LogP contribution in [-0.2, 0) is 9.53 Å². The molecule has 0 unspecified atom stereocenters. The highest BCUT2D eigenvalue weighted by molar-refractivity contribution is 6.07. The first-order valence-electron chi connectivity index (χ1n) is 12.0. The predicted octanol–water partition coefficient (Wildman–Crippen LogP) is 5.81. The molecule has 0 spiro atoms. The molecule has 0 aliphatic rings. The Bertz CT molecular complexity index is 1610. The molecule has 0 aliphatic carbocycles. The number of carbonyl (C=O) groups excluding carboxylic acids is 2. The molecule has 37 heavy (non-hydrogen) atoms. The van der Waals surface area contributed by atoms with Crippen molar-refractivity contribution in [2.24, 2.45) is 0 Å². The number of aromatic nitrogens is 3. The number of ether oxygens (including phenoxy) is 1. The van der Waals surface area contributed by atoms with Crippen molar-refractivity contribution in [2.75, 3.05) is 11.9 Å². The summed E-state index contributed by atoms with van der Waals surface area (Å²) in [6, 6.07) is 26.8. The first-order chi connectivity index (χ1) is 17.9. The Kier molecular flexibility index (Phi) is 6.51. The molecule has 2 aromatic heterocycles. The highest BCUT2D eigenvalue weighted by atomic mass is 16.5. The van der Waals surface area contributed by atoms with Crippen molar-refractivity contribution in [1.82, 2.24) is 14.8 Å². The normalized spacial score (nSPS) is 10.9. The van der Waals surface area contributed by atoms with Crippen LogP contribution in [0.15, 0.2) is 84.9 Å². The molecule has 7 heteroatoms. The number of esters is 1. The van der Waals surface area contributed by atoms with E-state index in [0.29, 0.717) is 39.1 Å². The van der Waals surface area contributed by atoms with Gasteiger partial charge >= 0.3 is 5.97 Å². The lowest BCUT2D eigenvalue weighted by molar-refractivity contribution is -0.119. The quantitative estimate of drug-likeness (QED) is 0.304. The van der Waals surface area contributed by atoms with Gasteiger partial charge in [0.1, 0.15) is 0 Å². The highest BCUT2D eigenvalue weighted by Crippen LogP contribution is 2.30. The zero-order valence-corrected chi connectivity index (χ0v) is 20.9. The van der Waals surface area contributed by atoms with Gasteiger partial charge in [-0.25, -0.2) is 14.5 Å². The number of nitrogens with one attached hydrogen (secondary N) is 1.